The number of hydrogen-bond acceptors (Lipinski definition) is 7. The summed E-state index contributed by atoms with van der Waals surface area (Å²) in [5.41, 5.74) is 6.85. The lowest BCUT2D eigenvalue weighted by molar-refractivity contribution is -0.108. The van der Waals surface area contributed by atoms with Crippen LogP contribution in [0.15, 0.2) is 17.6 Å². The Kier molecular flexibility index (Phi) is 4.72. The van der Waals surface area contributed by atoms with Crippen molar-refractivity contribution in [3.8, 4) is 0 Å². The van der Waals surface area contributed by atoms with Gasteiger partial charge in [0.2, 0.25) is 0 Å². The van der Waals surface area contributed by atoms with Gasteiger partial charge in [0.15, 0.2) is 11.5 Å². The van der Waals surface area contributed by atoms with Crippen LogP contribution in [0.2, 0.25) is 0 Å². The lowest BCUT2D eigenvalue weighted by Gasteiger charge is -2.09. The molecule has 4 N–H and O–H groups in total. The largest absolute Gasteiger partial charge is 0.368 e. The number of aliphatic imine (C=N–C) groups is 1. The molecule has 2 unspecified atom stereocenters. The van der Waals surface area contributed by atoms with Gasteiger partial charge in [-0.25, -0.2) is 15.0 Å². The number of H-pyrrole nitrogens is 1. The second-order valence-electron chi connectivity index (χ2n) is 4.50. The zero-order valence-electron chi connectivity index (χ0n) is 11.2. The number of aldehydes is 1. The minimum absolute atomic E-state index is 0.182. The molecule has 0 spiro atoms. The number of nitrogens with one attached hydrogen (secondary N) is 2. The van der Waals surface area contributed by atoms with Crippen LogP contribution < -0.4 is 11.1 Å². The van der Waals surface area contributed by atoms with Gasteiger partial charge in [0, 0.05) is 18.7 Å². The Morgan fingerprint density at radius 2 is 2.35 bits per heavy atom. The van der Waals surface area contributed by atoms with E-state index in [4.69, 9.17) is 5.73 Å². The molecule has 0 aromatic carbocycles. The normalized spacial score (nSPS) is 14.5. The fourth-order valence-electron chi connectivity index (χ4n) is 1.62. The molecule has 2 aromatic heterocycles. The third-order valence-corrected chi connectivity index (χ3v) is 2.67. The molecule has 2 atom stereocenters. The lowest BCUT2D eigenvalue weighted by atomic mass is 10.2. The maximum atomic E-state index is 10.4. The van der Waals surface area contributed by atoms with Crippen molar-refractivity contribution in [1.29, 1.82) is 0 Å². The molecule has 106 valence electrons. The first-order valence-electron chi connectivity index (χ1n) is 6.29. The van der Waals surface area contributed by atoms with E-state index < -0.39 is 6.04 Å². The van der Waals surface area contributed by atoms with E-state index in [1.54, 1.807) is 12.5 Å². The Hall–Kier alpha value is -2.35. The summed E-state index contributed by atoms with van der Waals surface area (Å²) < 4.78 is 0. The van der Waals surface area contributed by atoms with Crippen molar-refractivity contribution in [3.63, 3.8) is 0 Å². The molecule has 2 aromatic rings. The summed E-state index contributed by atoms with van der Waals surface area (Å²) in [6.07, 6.45) is 5.52. The van der Waals surface area contributed by atoms with Crippen molar-refractivity contribution < 1.29 is 4.79 Å². The van der Waals surface area contributed by atoms with E-state index in [1.807, 2.05) is 6.92 Å². The highest BCUT2D eigenvalue weighted by Crippen LogP contribution is 2.14. The molecule has 0 saturated carbocycles. The van der Waals surface area contributed by atoms with Crippen molar-refractivity contribution in [3.05, 3.63) is 12.7 Å². The van der Waals surface area contributed by atoms with Crippen LogP contribution in [0, 0.1) is 5.92 Å². The van der Waals surface area contributed by atoms with Gasteiger partial charge in [-0.3, -0.25) is 4.99 Å². The molecule has 0 aliphatic heterocycles. The lowest BCUT2D eigenvalue weighted by Crippen LogP contribution is -2.25. The molecule has 8 heteroatoms. The highest BCUT2D eigenvalue weighted by atomic mass is 16.1. The van der Waals surface area contributed by atoms with E-state index in [2.05, 4.69) is 30.2 Å². The number of carbonyl (C=O) groups is 1. The number of aromatic amines is 1. The molecule has 2 heterocycles. The molecule has 0 radical (unpaired) electrons. The number of fused-ring (bicyclic) bond motifs is 1. The summed E-state index contributed by atoms with van der Waals surface area (Å²) in [5.74, 6) is 0.888. The van der Waals surface area contributed by atoms with Gasteiger partial charge in [0.1, 0.15) is 18.1 Å². The van der Waals surface area contributed by atoms with Gasteiger partial charge < -0.3 is 20.8 Å². The van der Waals surface area contributed by atoms with Crippen LogP contribution in [-0.2, 0) is 4.79 Å². The van der Waals surface area contributed by atoms with Crippen molar-refractivity contribution in [2.45, 2.75) is 13.0 Å². The molecule has 0 fully saturated rings. The highest BCUT2D eigenvalue weighted by Gasteiger charge is 2.06. The summed E-state index contributed by atoms with van der Waals surface area (Å²) in [4.78, 5) is 29.8. The van der Waals surface area contributed by atoms with Crippen molar-refractivity contribution in [2.75, 3.05) is 18.4 Å². The van der Waals surface area contributed by atoms with Crippen LogP contribution in [0.1, 0.15) is 6.92 Å². The molecule has 20 heavy (non-hydrogen) atoms. The number of nitrogens with zero attached hydrogens (tertiary/aromatic N) is 4. The molecular formula is C12H17N7O. The molecule has 0 bridgehead atoms. The number of hydrogen-bond donors (Lipinski definition) is 3. The molecular weight excluding hydrogens is 258 g/mol. The van der Waals surface area contributed by atoms with Crippen LogP contribution >= 0.6 is 0 Å². The number of anilines is 1. The van der Waals surface area contributed by atoms with Gasteiger partial charge >= 0.3 is 0 Å². The first kappa shape index (κ1) is 14.1. The molecule has 0 aliphatic rings. The maximum Gasteiger partial charge on any atom is 0.182 e. The first-order chi connectivity index (χ1) is 9.70. The van der Waals surface area contributed by atoms with Crippen LogP contribution in [0.4, 0.5) is 5.82 Å². The van der Waals surface area contributed by atoms with E-state index in [9.17, 15) is 4.79 Å². The van der Waals surface area contributed by atoms with Gasteiger partial charge in [0.05, 0.1) is 18.9 Å². The summed E-state index contributed by atoms with van der Waals surface area (Å²) in [5, 5.41) is 3.21. The van der Waals surface area contributed by atoms with E-state index in [0.29, 0.717) is 30.8 Å². The molecule has 8 nitrogen and oxygen atoms in total. The fraction of sp³-hybridized carbons (Fsp3) is 0.417. The number of rotatable bonds is 7. The third-order valence-electron chi connectivity index (χ3n) is 2.67. The quantitative estimate of drug-likeness (QED) is 0.483. The highest BCUT2D eigenvalue weighted by molar-refractivity contribution is 5.82. The topological polar surface area (TPSA) is 122 Å². The Bertz CT molecular complexity index is 594. The van der Waals surface area contributed by atoms with E-state index in [0.717, 1.165) is 5.52 Å². The number of nitrogens with two attached hydrogens (primary N) is 1. The monoisotopic (exact) mass is 275 g/mol. The van der Waals surface area contributed by atoms with E-state index >= 15 is 0 Å². The van der Waals surface area contributed by atoms with Gasteiger partial charge in [-0.05, 0) is 0 Å². The zero-order chi connectivity index (χ0) is 14.4. The fourth-order valence-corrected chi connectivity index (χ4v) is 1.62. The smallest absolute Gasteiger partial charge is 0.182 e. The van der Waals surface area contributed by atoms with Crippen LogP contribution in [-0.4, -0.2) is 51.6 Å². The maximum absolute atomic E-state index is 10.4. The Morgan fingerprint density at radius 3 is 3.15 bits per heavy atom. The van der Waals surface area contributed by atoms with Crippen LogP contribution in [0.5, 0.6) is 0 Å². The summed E-state index contributed by atoms with van der Waals surface area (Å²) in [6.45, 7) is 2.98. The van der Waals surface area contributed by atoms with Gasteiger partial charge in [-0.1, -0.05) is 6.92 Å². The zero-order valence-corrected chi connectivity index (χ0v) is 11.2. The minimum atomic E-state index is -0.530. The second kappa shape index (κ2) is 6.71. The Balaban J connectivity index is 1.88. The van der Waals surface area contributed by atoms with E-state index in [-0.39, 0.29) is 5.92 Å². The Morgan fingerprint density at radius 1 is 1.50 bits per heavy atom. The van der Waals surface area contributed by atoms with E-state index in [1.165, 1.54) is 6.33 Å². The molecule has 0 saturated heterocycles. The number of carbonyl (C=O) groups excluding carboxylic acids is 1. The SMILES string of the molecule is CC(C=NCC(N)C=O)CNc1ncnc2nc[nH]c12. The van der Waals surface area contributed by atoms with Gasteiger partial charge in [-0.15, -0.1) is 0 Å². The van der Waals surface area contributed by atoms with Crippen LogP contribution in [0.25, 0.3) is 11.2 Å². The van der Waals surface area contributed by atoms with Crippen molar-refractivity contribution in [2.24, 2.45) is 16.6 Å². The van der Waals surface area contributed by atoms with Crippen LogP contribution in [0.3, 0.4) is 0 Å². The predicted molar refractivity (Wildman–Crippen MR) is 76.7 cm³/mol. The first-order valence-corrected chi connectivity index (χ1v) is 6.29. The standard InChI is InChI=1S/C12H17N7O/c1-8(2-14-4-9(13)5-20)3-15-11-10-12(17-6-16-10)19-7-18-11/h2,5-9H,3-4,13H2,1H3,(H2,15,16,17,18,19). The molecule has 2 rings (SSSR count). The average Bonchev–Trinajstić information content (AvgIpc) is 2.93. The summed E-state index contributed by atoms with van der Waals surface area (Å²) >= 11 is 0. The molecule has 0 amide bonds. The van der Waals surface area contributed by atoms with Crippen molar-refractivity contribution >= 4 is 29.5 Å². The summed E-state index contributed by atoms with van der Waals surface area (Å²) in [6, 6.07) is -0.530. The third kappa shape index (κ3) is 3.58. The molecule has 0 aliphatic carbocycles. The van der Waals surface area contributed by atoms with Gasteiger partial charge in [0.25, 0.3) is 0 Å². The summed E-state index contributed by atoms with van der Waals surface area (Å²) in [7, 11) is 0. The second-order valence-corrected chi connectivity index (χ2v) is 4.50. The number of aromatic nitrogens is 4. The minimum Gasteiger partial charge on any atom is -0.368 e. The van der Waals surface area contributed by atoms with Gasteiger partial charge in [-0.2, -0.15) is 0 Å². The average molecular weight is 275 g/mol. The predicted octanol–water partition coefficient (Wildman–Crippen LogP) is -0.00210. The number of imidazole rings is 1. The Labute approximate surface area is 115 Å². The van der Waals surface area contributed by atoms with Crippen molar-refractivity contribution in [1.82, 2.24) is 19.9 Å².